The molecule has 1 atom stereocenters. The van der Waals surface area contributed by atoms with Crippen molar-refractivity contribution in [3.8, 4) is 11.3 Å². The van der Waals surface area contributed by atoms with Gasteiger partial charge in [-0.05, 0) is 49.3 Å². The maximum Gasteiger partial charge on any atom is 0.217 e. The minimum Gasteiger partial charge on any atom is -0.354 e. The highest BCUT2D eigenvalue weighted by atomic mass is 16.1. The van der Waals surface area contributed by atoms with Crippen molar-refractivity contribution in [2.24, 2.45) is 0 Å². The Balaban J connectivity index is 1.66. The highest BCUT2D eigenvalue weighted by Gasteiger charge is 2.23. The molecule has 0 spiro atoms. The summed E-state index contributed by atoms with van der Waals surface area (Å²) in [6, 6.07) is 12.9. The smallest absolute Gasteiger partial charge is 0.217 e. The third kappa shape index (κ3) is 3.73. The van der Waals surface area contributed by atoms with Gasteiger partial charge in [0.2, 0.25) is 5.91 Å². The summed E-state index contributed by atoms with van der Waals surface area (Å²) < 4.78 is 0. The summed E-state index contributed by atoms with van der Waals surface area (Å²) >= 11 is 0. The summed E-state index contributed by atoms with van der Waals surface area (Å²) in [7, 11) is 0. The van der Waals surface area contributed by atoms with Gasteiger partial charge in [-0.3, -0.25) is 9.78 Å². The lowest BCUT2D eigenvalue weighted by Gasteiger charge is -2.12. The van der Waals surface area contributed by atoms with Crippen LogP contribution < -0.4 is 5.32 Å². The summed E-state index contributed by atoms with van der Waals surface area (Å²) in [6.07, 6.45) is 5.47. The molecule has 2 aromatic rings. The first-order valence-corrected chi connectivity index (χ1v) is 7.94. The molecule has 1 aliphatic carbocycles. The molecule has 1 saturated carbocycles. The van der Waals surface area contributed by atoms with Gasteiger partial charge in [-0.2, -0.15) is 0 Å². The first-order valence-electron chi connectivity index (χ1n) is 7.94. The summed E-state index contributed by atoms with van der Waals surface area (Å²) in [4.78, 5) is 15.6. The largest absolute Gasteiger partial charge is 0.354 e. The first-order chi connectivity index (χ1) is 10.6. The zero-order valence-electron chi connectivity index (χ0n) is 13.2. The van der Waals surface area contributed by atoms with Crippen LogP contribution in [0.2, 0.25) is 0 Å². The molecule has 0 radical (unpaired) electrons. The summed E-state index contributed by atoms with van der Waals surface area (Å²) in [5.41, 5.74) is 4.74. The predicted octanol–water partition coefficient (Wildman–Crippen LogP) is 3.69. The van der Waals surface area contributed by atoms with Gasteiger partial charge < -0.3 is 5.32 Å². The molecule has 114 valence electrons. The zero-order chi connectivity index (χ0) is 15.5. The fraction of sp³-hybridized carbons (Fsp3) is 0.368. The molecule has 1 aliphatic rings. The number of nitrogens with one attached hydrogen (secondary N) is 1. The maximum atomic E-state index is 11.0. The molecule has 3 nitrogen and oxygen atoms in total. The van der Waals surface area contributed by atoms with Crippen LogP contribution >= 0.6 is 0 Å². The van der Waals surface area contributed by atoms with E-state index in [-0.39, 0.29) is 11.9 Å². The monoisotopic (exact) mass is 294 g/mol. The molecular formula is C19H22N2O. The van der Waals surface area contributed by atoms with Crippen LogP contribution in [-0.2, 0) is 11.2 Å². The maximum absolute atomic E-state index is 11.0. The van der Waals surface area contributed by atoms with Gasteiger partial charge in [0.05, 0.1) is 5.69 Å². The SMILES string of the molecule is CC(=O)NC(C)Cc1ccc(-c2ccc(C3CC3)cn2)cc1. The van der Waals surface area contributed by atoms with Crippen molar-refractivity contribution >= 4 is 5.91 Å². The summed E-state index contributed by atoms with van der Waals surface area (Å²) in [6.45, 7) is 3.57. The molecule has 1 amide bonds. The van der Waals surface area contributed by atoms with Gasteiger partial charge in [0, 0.05) is 24.7 Å². The van der Waals surface area contributed by atoms with Crippen LogP contribution in [0.5, 0.6) is 0 Å². The highest BCUT2D eigenvalue weighted by Crippen LogP contribution is 2.39. The van der Waals surface area contributed by atoms with Gasteiger partial charge in [0.1, 0.15) is 0 Å². The lowest BCUT2D eigenvalue weighted by atomic mass is 10.0. The molecule has 1 fully saturated rings. The van der Waals surface area contributed by atoms with E-state index < -0.39 is 0 Å². The Bertz CT molecular complexity index is 642. The Hall–Kier alpha value is -2.16. The number of nitrogens with zero attached hydrogens (tertiary/aromatic N) is 1. The fourth-order valence-electron chi connectivity index (χ4n) is 2.80. The normalized spacial score (nSPS) is 15.4. The summed E-state index contributed by atoms with van der Waals surface area (Å²) in [5.74, 6) is 0.767. The van der Waals surface area contributed by atoms with Crippen LogP contribution in [0.25, 0.3) is 11.3 Å². The average molecular weight is 294 g/mol. The number of pyridine rings is 1. The molecule has 1 heterocycles. The lowest BCUT2D eigenvalue weighted by molar-refractivity contribution is -0.119. The number of rotatable bonds is 5. The Morgan fingerprint density at radius 1 is 1.23 bits per heavy atom. The topological polar surface area (TPSA) is 42.0 Å². The van der Waals surface area contributed by atoms with Crippen LogP contribution in [0.3, 0.4) is 0 Å². The van der Waals surface area contributed by atoms with Crippen molar-refractivity contribution in [3.05, 3.63) is 53.7 Å². The van der Waals surface area contributed by atoms with Crippen molar-refractivity contribution in [2.45, 2.75) is 45.1 Å². The minimum atomic E-state index is 0.0177. The number of benzene rings is 1. The van der Waals surface area contributed by atoms with Gasteiger partial charge in [-0.15, -0.1) is 0 Å². The molecule has 0 aliphatic heterocycles. The molecule has 1 aromatic carbocycles. The van der Waals surface area contributed by atoms with Crippen molar-refractivity contribution in [1.82, 2.24) is 10.3 Å². The number of hydrogen-bond donors (Lipinski definition) is 1. The lowest BCUT2D eigenvalue weighted by Crippen LogP contribution is -2.31. The van der Waals surface area contributed by atoms with E-state index in [0.29, 0.717) is 0 Å². The Kier molecular flexibility index (Phi) is 4.23. The van der Waals surface area contributed by atoms with Gasteiger partial charge >= 0.3 is 0 Å². The summed E-state index contributed by atoms with van der Waals surface area (Å²) in [5, 5.41) is 2.91. The van der Waals surface area contributed by atoms with E-state index in [4.69, 9.17) is 0 Å². The Labute approximate surface area is 131 Å². The third-order valence-electron chi connectivity index (χ3n) is 4.08. The third-order valence-corrected chi connectivity index (χ3v) is 4.08. The van der Waals surface area contributed by atoms with Crippen molar-refractivity contribution in [1.29, 1.82) is 0 Å². The van der Waals surface area contributed by atoms with E-state index >= 15 is 0 Å². The predicted molar refractivity (Wildman–Crippen MR) is 88.6 cm³/mol. The average Bonchev–Trinajstić information content (AvgIpc) is 3.32. The second-order valence-corrected chi connectivity index (χ2v) is 6.25. The van der Waals surface area contributed by atoms with Crippen LogP contribution in [0.4, 0.5) is 0 Å². The molecule has 1 unspecified atom stereocenters. The first kappa shape index (κ1) is 14.8. The van der Waals surface area contributed by atoms with E-state index in [0.717, 1.165) is 23.6 Å². The number of hydrogen-bond acceptors (Lipinski definition) is 2. The van der Waals surface area contributed by atoms with Gasteiger partial charge in [0.15, 0.2) is 0 Å². The van der Waals surface area contributed by atoms with Crippen LogP contribution in [0.15, 0.2) is 42.6 Å². The van der Waals surface area contributed by atoms with E-state index in [1.165, 1.54) is 24.0 Å². The van der Waals surface area contributed by atoms with Crippen molar-refractivity contribution < 1.29 is 4.79 Å². The van der Waals surface area contributed by atoms with Crippen LogP contribution in [-0.4, -0.2) is 16.9 Å². The Morgan fingerprint density at radius 2 is 1.95 bits per heavy atom. The number of amides is 1. The zero-order valence-corrected chi connectivity index (χ0v) is 13.2. The van der Waals surface area contributed by atoms with Gasteiger partial charge in [-0.1, -0.05) is 30.3 Å². The van der Waals surface area contributed by atoms with E-state index in [1.54, 1.807) is 6.92 Å². The molecule has 0 saturated heterocycles. The second kappa shape index (κ2) is 6.30. The number of carbonyl (C=O) groups excluding carboxylic acids is 1. The van der Waals surface area contributed by atoms with E-state index in [9.17, 15) is 4.79 Å². The molecule has 1 aromatic heterocycles. The van der Waals surface area contributed by atoms with Crippen LogP contribution in [0, 0.1) is 0 Å². The molecule has 3 rings (SSSR count). The Morgan fingerprint density at radius 3 is 2.50 bits per heavy atom. The van der Waals surface area contributed by atoms with E-state index in [2.05, 4.69) is 46.7 Å². The van der Waals surface area contributed by atoms with Gasteiger partial charge in [-0.25, -0.2) is 0 Å². The molecule has 0 bridgehead atoms. The number of carbonyl (C=O) groups is 1. The molecular weight excluding hydrogens is 272 g/mol. The second-order valence-electron chi connectivity index (χ2n) is 6.25. The van der Waals surface area contributed by atoms with Crippen LogP contribution in [0.1, 0.15) is 43.7 Å². The van der Waals surface area contributed by atoms with Crippen molar-refractivity contribution in [3.63, 3.8) is 0 Å². The quantitative estimate of drug-likeness (QED) is 0.913. The fourth-order valence-corrected chi connectivity index (χ4v) is 2.80. The molecule has 3 heteroatoms. The molecule has 22 heavy (non-hydrogen) atoms. The van der Waals surface area contributed by atoms with Gasteiger partial charge in [0.25, 0.3) is 0 Å². The minimum absolute atomic E-state index is 0.0177. The van der Waals surface area contributed by atoms with Crippen molar-refractivity contribution in [2.75, 3.05) is 0 Å². The van der Waals surface area contributed by atoms with E-state index in [1.807, 2.05) is 13.1 Å². The highest BCUT2D eigenvalue weighted by molar-refractivity contribution is 5.73. The standard InChI is InChI=1S/C19H22N2O/c1-13(21-14(2)22)11-15-3-5-17(6-4-15)19-10-9-18(12-20-19)16-7-8-16/h3-6,9-10,12-13,16H,7-8,11H2,1-2H3,(H,21,22). The number of aromatic nitrogens is 1. The molecule has 1 N–H and O–H groups in total.